The zero-order valence-corrected chi connectivity index (χ0v) is 18.3. The lowest BCUT2D eigenvalue weighted by Gasteiger charge is -2.10. The van der Waals surface area contributed by atoms with Crippen LogP contribution < -0.4 is 14.9 Å². The van der Waals surface area contributed by atoms with Crippen molar-refractivity contribution in [3.05, 3.63) is 120 Å². The summed E-state index contributed by atoms with van der Waals surface area (Å²) in [6.07, 6.45) is 3.13. The van der Waals surface area contributed by atoms with Crippen LogP contribution in [-0.4, -0.2) is 24.7 Å². The zero-order chi connectivity index (χ0) is 23.8. The van der Waals surface area contributed by atoms with Crippen molar-refractivity contribution in [3.63, 3.8) is 0 Å². The average molecular weight is 450 g/mol. The number of hydrogen-bond donors (Lipinski definition) is 1. The minimum absolute atomic E-state index is 0.342. The van der Waals surface area contributed by atoms with Gasteiger partial charge >= 0.3 is 5.97 Å². The summed E-state index contributed by atoms with van der Waals surface area (Å²) in [5, 5.41) is 5.91. The number of hydrazone groups is 1. The van der Waals surface area contributed by atoms with E-state index in [0.29, 0.717) is 34.8 Å². The summed E-state index contributed by atoms with van der Waals surface area (Å²) < 4.78 is 11.1. The highest BCUT2D eigenvalue weighted by Crippen LogP contribution is 2.27. The fourth-order valence-electron chi connectivity index (χ4n) is 3.31. The molecule has 0 atom stereocenters. The van der Waals surface area contributed by atoms with Gasteiger partial charge in [-0.05, 0) is 53.2 Å². The number of benzene rings is 4. The monoisotopic (exact) mass is 450 g/mol. The molecule has 0 aromatic heterocycles. The molecule has 0 unspecified atom stereocenters. The molecule has 0 fully saturated rings. The quantitative estimate of drug-likeness (QED) is 0.128. The molecule has 0 aliphatic carbocycles. The SMILES string of the molecule is C=CCOc1ccc(C(=O)N/N=C\c2c(OC(=O)c3ccccc3)ccc3ccccc23)cc1. The van der Waals surface area contributed by atoms with Gasteiger partial charge in [-0.2, -0.15) is 5.10 Å². The van der Waals surface area contributed by atoms with E-state index in [0.717, 1.165) is 10.8 Å². The number of hydrogen-bond acceptors (Lipinski definition) is 5. The number of amides is 1. The Labute approximate surface area is 197 Å². The predicted octanol–water partition coefficient (Wildman–Crippen LogP) is 5.39. The van der Waals surface area contributed by atoms with Crippen LogP contribution in [0.1, 0.15) is 26.3 Å². The maximum absolute atomic E-state index is 12.6. The van der Waals surface area contributed by atoms with Crippen molar-refractivity contribution in [1.29, 1.82) is 0 Å². The van der Waals surface area contributed by atoms with Gasteiger partial charge in [0.25, 0.3) is 5.91 Å². The third kappa shape index (κ3) is 5.37. The Balaban J connectivity index is 1.55. The Morgan fingerprint density at radius 3 is 2.35 bits per heavy atom. The molecule has 4 aromatic rings. The van der Waals surface area contributed by atoms with Crippen molar-refractivity contribution in [3.8, 4) is 11.5 Å². The predicted molar refractivity (Wildman–Crippen MR) is 133 cm³/mol. The first-order valence-corrected chi connectivity index (χ1v) is 10.6. The van der Waals surface area contributed by atoms with Crippen LogP contribution in [-0.2, 0) is 0 Å². The third-order valence-corrected chi connectivity index (χ3v) is 4.99. The van der Waals surface area contributed by atoms with Gasteiger partial charge in [0.1, 0.15) is 18.1 Å². The van der Waals surface area contributed by atoms with Gasteiger partial charge in [-0.25, -0.2) is 10.2 Å². The number of ether oxygens (including phenoxy) is 2. The second-order valence-electron chi connectivity index (χ2n) is 7.28. The van der Waals surface area contributed by atoms with E-state index in [1.54, 1.807) is 60.7 Å². The van der Waals surface area contributed by atoms with Crippen molar-refractivity contribution < 1.29 is 19.1 Å². The molecule has 34 heavy (non-hydrogen) atoms. The Hall–Kier alpha value is -4.71. The van der Waals surface area contributed by atoms with Crippen LogP contribution in [0.15, 0.2) is 109 Å². The first kappa shape index (κ1) is 22.5. The summed E-state index contributed by atoms with van der Waals surface area (Å²) in [6, 6.07) is 26.7. The second-order valence-corrected chi connectivity index (χ2v) is 7.28. The van der Waals surface area contributed by atoms with Gasteiger partial charge in [-0.1, -0.05) is 61.2 Å². The summed E-state index contributed by atoms with van der Waals surface area (Å²) in [4.78, 5) is 25.1. The minimum Gasteiger partial charge on any atom is -0.490 e. The van der Waals surface area contributed by atoms with Crippen LogP contribution >= 0.6 is 0 Å². The van der Waals surface area contributed by atoms with Crippen LogP contribution in [0, 0.1) is 0 Å². The average Bonchev–Trinajstić information content (AvgIpc) is 2.89. The van der Waals surface area contributed by atoms with E-state index in [4.69, 9.17) is 9.47 Å². The summed E-state index contributed by atoms with van der Waals surface area (Å²) in [7, 11) is 0. The summed E-state index contributed by atoms with van der Waals surface area (Å²) in [5.74, 6) is 0.123. The maximum Gasteiger partial charge on any atom is 0.343 e. The fourth-order valence-corrected chi connectivity index (χ4v) is 3.31. The topological polar surface area (TPSA) is 77.0 Å². The Kier molecular flexibility index (Phi) is 7.10. The molecule has 0 aliphatic heterocycles. The number of rotatable bonds is 8. The van der Waals surface area contributed by atoms with Crippen molar-refractivity contribution in [2.24, 2.45) is 5.10 Å². The number of carbonyl (C=O) groups is 2. The van der Waals surface area contributed by atoms with Crippen molar-refractivity contribution >= 4 is 28.9 Å². The maximum atomic E-state index is 12.6. The number of esters is 1. The Bertz CT molecular complexity index is 1350. The molecular weight excluding hydrogens is 428 g/mol. The normalized spacial score (nSPS) is 10.7. The molecule has 0 radical (unpaired) electrons. The number of fused-ring (bicyclic) bond motifs is 1. The molecule has 0 spiro atoms. The van der Waals surface area contributed by atoms with Crippen molar-refractivity contribution in [1.82, 2.24) is 5.43 Å². The highest BCUT2D eigenvalue weighted by Gasteiger charge is 2.13. The van der Waals surface area contributed by atoms with E-state index >= 15 is 0 Å². The minimum atomic E-state index is -0.478. The molecule has 168 valence electrons. The Morgan fingerprint density at radius 1 is 0.853 bits per heavy atom. The molecule has 1 N–H and O–H groups in total. The van der Waals surface area contributed by atoms with Gasteiger partial charge in [0.05, 0.1) is 11.8 Å². The van der Waals surface area contributed by atoms with E-state index in [2.05, 4.69) is 17.1 Å². The van der Waals surface area contributed by atoms with Crippen LogP contribution in [0.2, 0.25) is 0 Å². The first-order valence-electron chi connectivity index (χ1n) is 10.6. The standard InChI is InChI=1S/C28H22N2O4/c1-2-18-33-23-15-12-21(13-16-23)27(31)30-29-19-25-24-11-7-6-8-20(24)14-17-26(25)34-28(32)22-9-4-3-5-10-22/h2-17,19H,1,18H2,(H,30,31)/b29-19-. The summed E-state index contributed by atoms with van der Waals surface area (Å²) in [6.45, 7) is 3.99. The first-order chi connectivity index (χ1) is 16.7. The van der Waals surface area contributed by atoms with Gasteiger partial charge in [0.2, 0.25) is 0 Å². The number of carbonyl (C=O) groups excluding carboxylic acids is 2. The smallest absolute Gasteiger partial charge is 0.343 e. The van der Waals surface area contributed by atoms with Crippen LogP contribution in [0.25, 0.3) is 10.8 Å². The van der Waals surface area contributed by atoms with Crippen molar-refractivity contribution in [2.75, 3.05) is 6.61 Å². The van der Waals surface area contributed by atoms with Gasteiger partial charge in [0, 0.05) is 11.1 Å². The Morgan fingerprint density at radius 2 is 1.59 bits per heavy atom. The number of nitrogens with zero attached hydrogens (tertiary/aromatic N) is 1. The molecule has 6 nitrogen and oxygen atoms in total. The van der Waals surface area contributed by atoms with Crippen LogP contribution in [0.5, 0.6) is 11.5 Å². The molecule has 4 aromatic carbocycles. The lowest BCUT2D eigenvalue weighted by molar-refractivity contribution is 0.0734. The van der Waals surface area contributed by atoms with E-state index in [1.807, 2.05) is 36.4 Å². The zero-order valence-electron chi connectivity index (χ0n) is 18.3. The molecular formula is C28H22N2O4. The van der Waals surface area contributed by atoms with Gasteiger partial charge in [-0.3, -0.25) is 4.79 Å². The third-order valence-electron chi connectivity index (χ3n) is 4.99. The fraction of sp³-hybridized carbons (Fsp3) is 0.0357. The molecule has 1 amide bonds. The highest BCUT2D eigenvalue weighted by molar-refractivity contribution is 6.04. The number of nitrogens with one attached hydrogen (secondary N) is 1. The molecule has 0 bridgehead atoms. The lowest BCUT2D eigenvalue weighted by atomic mass is 10.0. The molecule has 4 rings (SSSR count). The van der Waals surface area contributed by atoms with Gasteiger partial charge < -0.3 is 9.47 Å². The van der Waals surface area contributed by atoms with E-state index in [-0.39, 0.29) is 5.91 Å². The van der Waals surface area contributed by atoms with E-state index in [9.17, 15) is 9.59 Å². The van der Waals surface area contributed by atoms with Crippen molar-refractivity contribution in [2.45, 2.75) is 0 Å². The van der Waals surface area contributed by atoms with E-state index < -0.39 is 5.97 Å². The largest absolute Gasteiger partial charge is 0.490 e. The summed E-state index contributed by atoms with van der Waals surface area (Å²) >= 11 is 0. The van der Waals surface area contributed by atoms with Gasteiger partial charge in [-0.15, -0.1) is 0 Å². The van der Waals surface area contributed by atoms with Crippen LogP contribution in [0.4, 0.5) is 0 Å². The van der Waals surface area contributed by atoms with E-state index in [1.165, 1.54) is 6.21 Å². The molecule has 0 saturated heterocycles. The highest BCUT2D eigenvalue weighted by atomic mass is 16.5. The molecule has 6 heteroatoms. The molecule has 0 aliphatic rings. The molecule has 0 heterocycles. The summed E-state index contributed by atoms with van der Waals surface area (Å²) in [5.41, 5.74) is 3.96. The lowest BCUT2D eigenvalue weighted by Crippen LogP contribution is -2.17. The van der Waals surface area contributed by atoms with Gasteiger partial charge in [0.15, 0.2) is 0 Å². The second kappa shape index (κ2) is 10.7. The molecule has 0 saturated carbocycles. The van der Waals surface area contributed by atoms with Crippen LogP contribution in [0.3, 0.4) is 0 Å².